The largest absolute Gasteiger partial charge is 0.458 e. The second-order valence-corrected chi connectivity index (χ2v) is 10.5. The predicted octanol–water partition coefficient (Wildman–Crippen LogP) is 7.31. The summed E-state index contributed by atoms with van der Waals surface area (Å²) in [6.45, 7) is -0.0836. The third-order valence-corrected chi connectivity index (χ3v) is 8.32. The maximum Gasteiger partial charge on any atom is 0.258 e. The number of hydrogen-bond acceptors (Lipinski definition) is 2. The van der Waals surface area contributed by atoms with Crippen LogP contribution >= 0.6 is 0 Å². The Balaban J connectivity index is 1.56. The van der Waals surface area contributed by atoms with Gasteiger partial charge < -0.3 is 13.7 Å². The maximum absolute atomic E-state index is 6.81. The first-order chi connectivity index (χ1) is 19.9. The molecule has 1 aliphatic heterocycles. The van der Waals surface area contributed by atoms with Crippen molar-refractivity contribution in [1.29, 1.82) is 0 Å². The van der Waals surface area contributed by atoms with Crippen LogP contribution in [0.3, 0.4) is 0 Å². The zero-order chi connectivity index (χ0) is 26.2. The number of hydrogen-bond donors (Lipinski definition) is 0. The van der Waals surface area contributed by atoms with E-state index >= 15 is 0 Å². The zero-order valence-electron chi connectivity index (χ0n) is 21.5. The molecule has 8 aromatic rings. The van der Waals surface area contributed by atoms with Crippen LogP contribution in [0, 0.1) is 0 Å². The van der Waals surface area contributed by atoms with E-state index in [9.17, 15) is 0 Å². The van der Waals surface area contributed by atoms with E-state index in [1.807, 2.05) is 18.2 Å². The van der Waals surface area contributed by atoms with E-state index in [2.05, 4.69) is 120 Å². The van der Waals surface area contributed by atoms with E-state index in [0.717, 1.165) is 61.0 Å². The highest BCUT2D eigenvalue weighted by atomic mass is 16.5. The van der Waals surface area contributed by atoms with Gasteiger partial charge in [0.15, 0.2) is 0 Å². The minimum atomic E-state index is -0.0836. The van der Waals surface area contributed by atoms with Crippen LogP contribution in [0.25, 0.3) is 49.4 Å². The number of rotatable bonds is 2. The molecule has 0 fully saturated rings. The van der Waals surface area contributed by atoms with Crippen molar-refractivity contribution in [2.45, 2.75) is 0 Å². The van der Waals surface area contributed by atoms with E-state index in [-0.39, 0.29) is 6.71 Å². The standard InChI is InChI=1S/C36H22BNO2/c1-2-12-23(13-3-1)38-30-18-8-4-14-24(30)26-22-27-25-15-5-9-19-31(25)40-36(27)34(35(26)38)37-28-16-6-10-20-32(28)39-33-21-11-7-17-29(33)37/h1-22H. The minimum absolute atomic E-state index is 0.0836. The van der Waals surface area contributed by atoms with Gasteiger partial charge in [0.05, 0.1) is 11.0 Å². The lowest BCUT2D eigenvalue weighted by Gasteiger charge is -2.27. The lowest BCUT2D eigenvalue weighted by atomic mass is 9.35. The van der Waals surface area contributed by atoms with Gasteiger partial charge in [-0.3, -0.25) is 0 Å². The van der Waals surface area contributed by atoms with Crippen molar-refractivity contribution in [2.75, 3.05) is 0 Å². The summed E-state index contributed by atoms with van der Waals surface area (Å²) in [5.74, 6) is 1.77. The highest BCUT2D eigenvalue weighted by Crippen LogP contribution is 2.38. The van der Waals surface area contributed by atoms with Crippen LogP contribution in [0.5, 0.6) is 11.5 Å². The molecule has 9 rings (SSSR count). The molecule has 0 unspecified atom stereocenters. The molecule has 186 valence electrons. The van der Waals surface area contributed by atoms with Crippen LogP contribution in [0.15, 0.2) is 138 Å². The molecule has 3 nitrogen and oxygen atoms in total. The summed E-state index contributed by atoms with van der Waals surface area (Å²) < 4.78 is 15.7. The second-order valence-electron chi connectivity index (χ2n) is 10.5. The molecule has 1 aliphatic rings. The SMILES string of the molecule is c1ccc(-n2c3ccccc3c3cc4c(oc5ccccc54)c(B4c5ccccc5Oc5ccccc54)c32)cc1. The van der Waals surface area contributed by atoms with Crippen LogP contribution in [0.1, 0.15) is 0 Å². The van der Waals surface area contributed by atoms with E-state index in [0.29, 0.717) is 0 Å². The quantitative estimate of drug-likeness (QED) is 0.228. The fraction of sp³-hybridized carbons (Fsp3) is 0. The lowest BCUT2D eigenvalue weighted by Crippen LogP contribution is -2.55. The van der Waals surface area contributed by atoms with Crippen LogP contribution in [0.2, 0.25) is 0 Å². The number of benzene rings is 6. The topological polar surface area (TPSA) is 27.3 Å². The molecular formula is C36H22BNO2. The number of ether oxygens (including phenoxy) is 1. The first-order valence-electron chi connectivity index (χ1n) is 13.7. The van der Waals surface area contributed by atoms with Crippen molar-refractivity contribution in [1.82, 2.24) is 4.57 Å². The van der Waals surface area contributed by atoms with Crippen LogP contribution in [-0.2, 0) is 0 Å². The molecule has 0 bridgehead atoms. The van der Waals surface area contributed by atoms with Crippen molar-refractivity contribution >= 4 is 66.8 Å². The van der Waals surface area contributed by atoms with Gasteiger partial charge >= 0.3 is 0 Å². The van der Waals surface area contributed by atoms with Crippen molar-refractivity contribution in [2.24, 2.45) is 0 Å². The highest BCUT2D eigenvalue weighted by Gasteiger charge is 2.37. The Bertz CT molecular complexity index is 2220. The van der Waals surface area contributed by atoms with E-state index in [1.54, 1.807) is 0 Å². The van der Waals surface area contributed by atoms with Gasteiger partial charge in [-0.2, -0.15) is 0 Å². The number of fused-ring (bicyclic) bond motifs is 8. The summed E-state index contributed by atoms with van der Waals surface area (Å²) in [5.41, 5.74) is 8.72. The summed E-state index contributed by atoms with van der Waals surface area (Å²) in [6, 6.07) is 46.9. The molecule has 4 heteroatoms. The minimum Gasteiger partial charge on any atom is -0.458 e. The molecule has 3 heterocycles. The van der Waals surface area contributed by atoms with Gasteiger partial charge in [0.2, 0.25) is 0 Å². The van der Waals surface area contributed by atoms with Gasteiger partial charge in [-0.15, -0.1) is 0 Å². The van der Waals surface area contributed by atoms with Gasteiger partial charge in [0.25, 0.3) is 6.71 Å². The molecule has 0 radical (unpaired) electrons. The monoisotopic (exact) mass is 511 g/mol. The average Bonchev–Trinajstić information content (AvgIpc) is 3.55. The van der Waals surface area contributed by atoms with E-state index in [4.69, 9.17) is 9.15 Å². The Morgan fingerprint density at radius 2 is 1.15 bits per heavy atom. The lowest BCUT2D eigenvalue weighted by molar-refractivity contribution is 0.487. The molecule has 0 aliphatic carbocycles. The van der Waals surface area contributed by atoms with Crippen molar-refractivity contribution in [3.63, 3.8) is 0 Å². The summed E-state index contributed by atoms with van der Waals surface area (Å²) in [5, 5.41) is 4.71. The Labute approximate surface area is 230 Å². The smallest absolute Gasteiger partial charge is 0.258 e. The fourth-order valence-electron chi connectivity index (χ4n) is 6.67. The number of aromatic nitrogens is 1. The number of nitrogens with zero attached hydrogens (tertiary/aromatic N) is 1. The fourth-order valence-corrected chi connectivity index (χ4v) is 6.67. The van der Waals surface area contributed by atoms with E-state index in [1.165, 1.54) is 16.3 Å². The summed E-state index contributed by atoms with van der Waals surface area (Å²) in [4.78, 5) is 0. The Kier molecular flexibility index (Phi) is 4.41. The van der Waals surface area contributed by atoms with Crippen LogP contribution in [0.4, 0.5) is 0 Å². The van der Waals surface area contributed by atoms with Gasteiger partial charge in [-0.1, -0.05) is 91.0 Å². The molecule has 0 saturated carbocycles. The highest BCUT2D eigenvalue weighted by molar-refractivity contribution is 6.99. The zero-order valence-corrected chi connectivity index (χ0v) is 21.5. The molecular weight excluding hydrogens is 489 g/mol. The van der Waals surface area contributed by atoms with E-state index < -0.39 is 0 Å². The third kappa shape index (κ3) is 2.90. The molecule has 0 atom stereocenters. The Hall–Kier alpha value is -5.22. The van der Waals surface area contributed by atoms with Crippen LogP contribution in [-0.4, -0.2) is 11.3 Å². The summed E-state index contributed by atoms with van der Waals surface area (Å²) in [6.07, 6.45) is 0. The Morgan fingerprint density at radius 1 is 0.525 bits per heavy atom. The first kappa shape index (κ1) is 21.7. The number of para-hydroxylation sites is 5. The summed E-state index contributed by atoms with van der Waals surface area (Å²) in [7, 11) is 0. The van der Waals surface area contributed by atoms with Crippen molar-refractivity contribution < 1.29 is 9.15 Å². The van der Waals surface area contributed by atoms with Crippen LogP contribution < -0.4 is 21.1 Å². The van der Waals surface area contributed by atoms with Gasteiger partial charge in [-0.25, -0.2) is 0 Å². The normalized spacial score (nSPS) is 12.7. The predicted molar refractivity (Wildman–Crippen MR) is 166 cm³/mol. The average molecular weight is 511 g/mol. The molecule has 0 N–H and O–H groups in total. The molecule has 6 aromatic carbocycles. The number of furan rings is 1. The van der Waals surface area contributed by atoms with Gasteiger partial charge in [-0.05, 0) is 58.9 Å². The molecule has 2 aromatic heterocycles. The van der Waals surface area contributed by atoms with Gasteiger partial charge in [0.1, 0.15) is 22.7 Å². The van der Waals surface area contributed by atoms with Crippen molar-refractivity contribution in [3.05, 3.63) is 133 Å². The van der Waals surface area contributed by atoms with Crippen molar-refractivity contribution in [3.8, 4) is 17.2 Å². The molecule has 0 saturated heterocycles. The first-order valence-corrected chi connectivity index (χ1v) is 13.7. The summed E-state index contributed by atoms with van der Waals surface area (Å²) >= 11 is 0. The molecule has 0 spiro atoms. The van der Waals surface area contributed by atoms with Gasteiger partial charge in [0, 0.05) is 27.2 Å². The maximum atomic E-state index is 6.81. The molecule has 0 amide bonds. The molecule has 40 heavy (non-hydrogen) atoms. The Morgan fingerprint density at radius 3 is 1.93 bits per heavy atom. The third-order valence-electron chi connectivity index (χ3n) is 8.32. The second kappa shape index (κ2) is 8.14.